The Kier molecular flexibility index (Phi) is 5.93. The molecule has 1 aromatic rings. The predicted molar refractivity (Wildman–Crippen MR) is 99.7 cm³/mol. The first kappa shape index (κ1) is 18.2. The molecule has 0 radical (unpaired) electrons. The molecule has 0 bridgehead atoms. The maximum atomic E-state index is 12.3. The molecule has 3 amide bonds. The van der Waals surface area contributed by atoms with Crippen molar-refractivity contribution in [2.24, 2.45) is 5.92 Å². The average molecular weight is 365 g/mol. The highest BCUT2D eigenvalue weighted by Crippen LogP contribution is 2.29. The van der Waals surface area contributed by atoms with Gasteiger partial charge in [0.05, 0.1) is 12.2 Å². The monoisotopic (exact) mass is 364 g/mol. The van der Waals surface area contributed by atoms with Crippen LogP contribution in [-0.2, 0) is 17.8 Å². The molecule has 1 aliphatic carbocycles. The summed E-state index contributed by atoms with van der Waals surface area (Å²) in [7, 11) is 0. The predicted octanol–water partition coefficient (Wildman–Crippen LogP) is 3.53. The summed E-state index contributed by atoms with van der Waals surface area (Å²) in [5.74, 6) is 0.578. The fraction of sp³-hybridized carbons (Fsp3) is 0.722. The SMILES string of the molecule is CC(C)CC(=O)N1CCc2nc(NC(=O)NC3CCCCC3)sc2C1. The summed E-state index contributed by atoms with van der Waals surface area (Å²) in [5.41, 5.74) is 1.02. The second-order valence-electron chi connectivity index (χ2n) is 7.49. The zero-order valence-corrected chi connectivity index (χ0v) is 16.0. The van der Waals surface area contributed by atoms with Crippen LogP contribution in [0.1, 0.15) is 62.9 Å². The standard InChI is InChI=1S/C18H28N4O2S/c1-12(2)10-16(23)22-9-8-14-15(11-22)25-18(20-14)21-17(24)19-13-6-4-3-5-7-13/h12-13H,3-11H2,1-2H3,(H2,19,20,21,24). The van der Waals surface area contributed by atoms with Gasteiger partial charge in [-0.25, -0.2) is 9.78 Å². The van der Waals surface area contributed by atoms with Gasteiger partial charge in [-0.3, -0.25) is 10.1 Å². The molecule has 7 heteroatoms. The molecular formula is C18H28N4O2S. The first-order valence-electron chi connectivity index (χ1n) is 9.35. The number of carbonyl (C=O) groups is 2. The molecule has 2 aliphatic rings. The molecule has 1 fully saturated rings. The van der Waals surface area contributed by atoms with Gasteiger partial charge in [-0.2, -0.15) is 0 Å². The highest BCUT2D eigenvalue weighted by atomic mass is 32.1. The van der Waals surface area contributed by atoms with Gasteiger partial charge in [-0.1, -0.05) is 44.4 Å². The van der Waals surface area contributed by atoms with Gasteiger partial charge in [0.25, 0.3) is 0 Å². The van der Waals surface area contributed by atoms with E-state index in [0.717, 1.165) is 36.4 Å². The minimum atomic E-state index is -0.161. The highest BCUT2D eigenvalue weighted by molar-refractivity contribution is 7.15. The second kappa shape index (κ2) is 8.17. The molecule has 6 nitrogen and oxygen atoms in total. The van der Waals surface area contributed by atoms with Gasteiger partial charge >= 0.3 is 6.03 Å². The van der Waals surface area contributed by atoms with Crippen LogP contribution >= 0.6 is 11.3 Å². The van der Waals surface area contributed by atoms with Crippen molar-refractivity contribution >= 4 is 28.4 Å². The number of hydrogen-bond donors (Lipinski definition) is 2. The smallest absolute Gasteiger partial charge is 0.321 e. The van der Waals surface area contributed by atoms with Gasteiger partial charge in [0.1, 0.15) is 0 Å². The molecule has 2 heterocycles. The van der Waals surface area contributed by atoms with E-state index >= 15 is 0 Å². The van der Waals surface area contributed by atoms with Crippen molar-refractivity contribution in [3.8, 4) is 0 Å². The molecule has 3 rings (SSSR count). The van der Waals surface area contributed by atoms with Crippen LogP contribution in [0.5, 0.6) is 0 Å². The number of urea groups is 1. The van der Waals surface area contributed by atoms with Crippen molar-refractivity contribution in [3.05, 3.63) is 10.6 Å². The van der Waals surface area contributed by atoms with Crippen molar-refractivity contribution in [3.63, 3.8) is 0 Å². The highest BCUT2D eigenvalue weighted by Gasteiger charge is 2.25. The van der Waals surface area contributed by atoms with Crippen molar-refractivity contribution in [2.75, 3.05) is 11.9 Å². The van der Waals surface area contributed by atoms with Gasteiger partial charge in [0.15, 0.2) is 5.13 Å². The zero-order valence-electron chi connectivity index (χ0n) is 15.1. The van der Waals surface area contributed by atoms with Crippen LogP contribution in [0.3, 0.4) is 0 Å². The fourth-order valence-corrected chi connectivity index (χ4v) is 4.52. The lowest BCUT2D eigenvalue weighted by Crippen LogP contribution is -2.39. The Labute approximate surface area is 153 Å². The van der Waals surface area contributed by atoms with Crippen molar-refractivity contribution in [1.29, 1.82) is 0 Å². The summed E-state index contributed by atoms with van der Waals surface area (Å²) in [6.07, 6.45) is 7.13. The first-order valence-corrected chi connectivity index (χ1v) is 10.2. The summed E-state index contributed by atoms with van der Waals surface area (Å²) in [4.78, 5) is 32.0. The number of anilines is 1. The third-order valence-corrected chi connectivity index (χ3v) is 5.83. The van der Waals surface area contributed by atoms with Gasteiger partial charge < -0.3 is 10.2 Å². The van der Waals surface area contributed by atoms with E-state index in [1.54, 1.807) is 0 Å². The number of rotatable bonds is 4. The number of aromatic nitrogens is 1. The summed E-state index contributed by atoms with van der Waals surface area (Å²) in [6.45, 7) is 5.46. The van der Waals surface area contributed by atoms with Crippen LogP contribution in [0, 0.1) is 5.92 Å². The first-order chi connectivity index (χ1) is 12.0. The third kappa shape index (κ3) is 4.93. The molecule has 1 aliphatic heterocycles. The Bertz CT molecular complexity index is 623. The van der Waals surface area contributed by atoms with E-state index in [9.17, 15) is 9.59 Å². The number of nitrogens with zero attached hydrogens (tertiary/aromatic N) is 2. The summed E-state index contributed by atoms with van der Waals surface area (Å²) in [5, 5.41) is 6.56. The lowest BCUT2D eigenvalue weighted by atomic mass is 9.96. The van der Waals surface area contributed by atoms with Crippen LogP contribution in [0.4, 0.5) is 9.93 Å². The number of hydrogen-bond acceptors (Lipinski definition) is 4. The maximum absolute atomic E-state index is 12.3. The zero-order chi connectivity index (χ0) is 17.8. The Morgan fingerprint density at radius 3 is 2.76 bits per heavy atom. The summed E-state index contributed by atoms with van der Waals surface area (Å²) >= 11 is 1.49. The van der Waals surface area contributed by atoms with Crippen LogP contribution in [0.15, 0.2) is 0 Å². The van der Waals surface area contributed by atoms with Crippen molar-refractivity contribution < 1.29 is 9.59 Å². The van der Waals surface area contributed by atoms with E-state index in [-0.39, 0.29) is 18.0 Å². The Hall–Kier alpha value is -1.63. The largest absolute Gasteiger partial charge is 0.337 e. The normalized spacial score (nSPS) is 18.1. The quantitative estimate of drug-likeness (QED) is 0.858. The van der Waals surface area contributed by atoms with E-state index in [1.165, 1.54) is 30.6 Å². The van der Waals surface area contributed by atoms with Crippen LogP contribution in [0.25, 0.3) is 0 Å². The lowest BCUT2D eigenvalue weighted by Gasteiger charge is -2.26. The molecule has 0 unspecified atom stereocenters. The molecule has 2 N–H and O–H groups in total. The topological polar surface area (TPSA) is 74.3 Å². The van der Waals surface area contributed by atoms with E-state index in [0.29, 0.717) is 24.0 Å². The maximum Gasteiger partial charge on any atom is 0.321 e. The third-order valence-electron chi connectivity index (χ3n) is 4.83. The molecule has 138 valence electrons. The van der Waals surface area contributed by atoms with Gasteiger partial charge in [0.2, 0.25) is 5.91 Å². The molecule has 25 heavy (non-hydrogen) atoms. The van der Waals surface area contributed by atoms with E-state index < -0.39 is 0 Å². The molecule has 0 aromatic carbocycles. The van der Waals surface area contributed by atoms with E-state index in [1.807, 2.05) is 4.90 Å². The number of nitrogens with one attached hydrogen (secondary N) is 2. The molecule has 1 aromatic heterocycles. The van der Waals surface area contributed by atoms with Crippen molar-refractivity contribution in [1.82, 2.24) is 15.2 Å². The molecule has 1 saturated carbocycles. The Balaban J connectivity index is 1.55. The summed E-state index contributed by atoms with van der Waals surface area (Å²) in [6, 6.07) is 0.123. The Morgan fingerprint density at radius 1 is 1.28 bits per heavy atom. The Morgan fingerprint density at radius 2 is 2.04 bits per heavy atom. The number of fused-ring (bicyclic) bond motifs is 1. The molecular weight excluding hydrogens is 336 g/mol. The lowest BCUT2D eigenvalue weighted by molar-refractivity contribution is -0.132. The molecule has 0 spiro atoms. The van der Waals surface area contributed by atoms with Gasteiger partial charge in [-0.05, 0) is 18.8 Å². The van der Waals surface area contributed by atoms with Crippen molar-refractivity contribution in [2.45, 2.75) is 71.4 Å². The molecule has 0 atom stereocenters. The van der Waals surface area contributed by atoms with E-state index in [4.69, 9.17) is 0 Å². The van der Waals surface area contributed by atoms with Crippen LogP contribution < -0.4 is 10.6 Å². The second-order valence-corrected chi connectivity index (χ2v) is 8.57. The molecule has 0 saturated heterocycles. The fourth-order valence-electron chi connectivity index (χ4n) is 3.51. The average Bonchev–Trinajstić information content (AvgIpc) is 2.96. The van der Waals surface area contributed by atoms with E-state index in [2.05, 4.69) is 29.5 Å². The van der Waals surface area contributed by atoms with Crippen LogP contribution in [-0.4, -0.2) is 34.4 Å². The number of amides is 3. The number of carbonyl (C=O) groups excluding carboxylic acids is 2. The minimum absolute atomic E-state index is 0.161. The van der Waals surface area contributed by atoms with Gasteiger partial charge in [0, 0.05) is 30.3 Å². The van der Waals surface area contributed by atoms with Crippen LogP contribution in [0.2, 0.25) is 0 Å². The minimum Gasteiger partial charge on any atom is -0.337 e. The summed E-state index contributed by atoms with van der Waals surface area (Å²) < 4.78 is 0. The number of thiazole rings is 1. The van der Waals surface area contributed by atoms with Gasteiger partial charge in [-0.15, -0.1) is 0 Å².